The van der Waals surface area contributed by atoms with Crippen LogP contribution in [0.2, 0.25) is 0 Å². The SMILES string of the molecule is CN=C(NCC(=O)N1CCc2sccc2C1)NC1CCN(Cc2ccccc2)CC1. The summed E-state index contributed by atoms with van der Waals surface area (Å²) in [5.41, 5.74) is 2.66. The van der Waals surface area contributed by atoms with E-state index in [0.717, 1.165) is 57.9 Å². The van der Waals surface area contributed by atoms with E-state index in [4.69, 9.17) is 0 Å². The van der Waals surface area contributed by atoms with E-state index in [-0.39, 0.29) is 12.5 Å². The lowest BCUT2D eigenvalue weighted by Gasteiger charge is -2.33. The molecule has 6 nitrogen and oxygen atoms in total. The average molecular weight is 426 g/mol. The van der Waals surface area contributed by atoms with E-state index in [9.17, 15) is 4.79 Å². The summed E-state index contributed by atoms with van der Waals surface area (Å²) in [5.74, 6) is 0.852. The number of aliphatic imine (C=N–C) groups is 1. The third-order valence-corrected chi connectivity index (χ3v) is 6.99. The van der Waals surface area contributed by atoms with Crippen LogP contribution in [0, 0.1) is 0 Å². The number of fused-ring (bicyclic) bond motifs is 1. The van der Waals surface area contributed by atoms with E-state index >= 15 is 0 Å². The van der Waals surface area contributed by atoms with Gasteiger partial charge in [0.2, 0.25) is 5.91 Å². The van der Waals surface area contributed by atoms with E-state index in [1.54, 1.807) is 18.4 Å². The number of nitrogens with one attached hydrogen (secondary N) is 2. The zero-order valence-corrected chi connectivity index (χ0v) is 18.5. The number of likely N-dealkylation sites (tertiary alicyclic amines) is 1. The Morgan fingerprint density at radius 2 is 1.97 bits per heavy atom. The van der Waals surface area contributed by atoms with Crippen LogP contribution in [0.4, 0.5) is 0 Å². The molecule has 2 aliphatic heterocycles. The Balaban J connectivity index is 1.19. The molecule has 2 aliphatic rings. The molecule has 160 valence electrons. The first kappa shape index (κ1) is 20.9. The largest absolute Gasteiger partial charge is 0.354 e. The van der Waals surface area contributed by atoms with E-state index < -0.39 is 0 Å². The van der Waals surface area contributed by atoms with Gasteiger partial charge in [0.05, 0.1) is 6.54 Å². The molecule has 0 spiro atoms. The number of amides is 1. The third kappa shape index (κ3) is 5.40. The first-order valence-corrected chi connectivity index (χ1v) is 11.7. The van der Waals surface area contributed by atoms with Crippen molar-refractivity contribution >= 4 is 23.2 Å². The molecular formula is C23H31N5OS. The molecule has 30 heavy (non-hydrogen) atoms. The zero-order chi connectivity index (χ0) is 20.8. The normalized spacial score (nSPS) is 18.2. The van der Waals surface area contributed by atoms with Crippen LogP contribution in [0.1, 0.15) is 28.8 Å². The van der Waals surface area contributed by atoms with Gasteiger partial charge in [-0.05, 0) is 41.8 Å². The number of hydrogen-bond donors (Lipinski definition) is 2. The predicted molar refractivity (Wildman–Crippen MR) is 123 cm³/mol. The molecule has 1 saturated heterocycles. The van der Waals surface area contributed by atoms with Crippen molar-refractivity contribution in [1.82, 2.24) is 20.4 Å². The molecule has 7 heteroatoms. The van der Waals surface area contributed by atoms with Crippen LogP contribution in [0.25, 0.3) is 0 Å². The lowest BCUT2D eigenvalue weighted by atomic mass is 10.0. The first-order chi connectivity index (χ1) is 14.7. The molecule has 0 unspecified atom stereocenters. The maximum absolute atomic E-state index is 12.6. The minimum atomic E-state index is 0.132. The second-order valence-electron chi connectivity index (χ2n) is 8.04. The fraction of sp³-hybridized carbons (Fsp3) is 0.478. The van der Waals surface area contributed by atoms with Gasteiger partial charge in [-0.3, -0.25) is 14.7 Å². The number of guanidine groups is 1. The van der Waals surface area contributed by atoms with Gasteiger partial charge in [-0.2, -0.15) is 0 Å². The van der Waals surface area contributed by atoms with Crippen molar-refractivity contribution in [3.8, 4) is 0 Å². The summed E-state index contributed by atoms with van der Waals surface area (Å²) in [4.78, 5) is 22.8. The molecule has 0 atom stereocenters. The molecule has 3 heterocycles. The Hall–Kier alpha value is -2.38. The molecule has 1 fully saturated rings. The Morgan fingerprint density at radius 3 is 2.73 bits per heavy atom. The molecule has 1 aromatic carbocycles. The predicted octanol–water partition coefficient (Wildman–Crippen LogP) is 2.46. The summed E-state index contributed by atoms with van der Waals surface area (Å²) in [6.45, 7) is 4.96. The molecule has 1 aromatic heterocycles. The van der Waals surface area contributed by atoms with Crippen LogP contribution in [-0.4, -0.2) is 60.9 Å². The monoisotopic (exact) mass is 425 g/mol. The topological polar surface area (TPSA) is 60.0 Å². The standard InChI is InChI=1S/C23H31N5OS/c1-24-23(25-15-22(29)28-13-9-21-19(17-28)10-14-30-21)26-20-7-11-27(12-8-20)16-18-5-3-2-4-6-18/h2-6,10,14,20H,7-9,11-13,15-17H2,1H3,(H2,24,25,26). The van der Waals surface area contributed by atoms with Crippen molar-refractivity contribution in [3.05, 3.63) is 57.8 Å². The van der Waals surface area contributed by atoms with Crippen LogP contribution in [0.5, 0.6) is 0 Å². The number of benzene rings is 1. The maximum atomic E-state index is 12.6. The van der Waals surface area contributed by atoms with Crippen molar-refractivity contribution < 1.29 is 4.79 Å². The molecule has 0 radical (unpaired) electrons. The Kier molecular flexibility index (Phi) is 7.02. The fourth-order valence-electron chi connectivity index (χ4n) is 4.20. The van der Waals surface area contributed by atoms with Crippen molar-refractivity contribution in [1.29, 1.82) is 0 Å². The van der Waals surface area contributed by atoms with Gasteiger partial charge in [0, 0.05) is 50.7 Å². The summed E-state index contributed by atoms with van der Waals surface area (Å²) in [7, 11) is 1.77. The third-order valence-electron chi connectivity index (χ3n) is 5.97. The van der Waals surface area contributed by atoms with Crippen LogP contribution < -0.4 is 10.6 Å². The molecule has 0 bridgehead atoms. The summed E-state index contributed by atoms with van der Waals surface area (Å²) >= 11 is 1.79. The number of hydrogen-bond acceptors (Lipinski definition) is 4. The first-order valence-electron chi connectivity index (χ1n) is 10.8. The van der Waals surface area contributed by atoms with Gasteiger partial charge in [0.1, 0.15) is 0 Å². The van der Waals surface area contributed by atoms with Gasteiger partial charge < -0.3 is 15.5 Å². The number of nitrogens with zero attached hydrogens (tertiary/aromatic N) is 3. The fourth-order valence-corrected chi connectivity index (χ4v) is 5.09. The van der Waals surface area contributed by atoms with Gasteiger partial charge in [0.25, 0.3) is 0 Å². The molecule has 0 aliphatic carbocycles. The minimum Gasteiger partial charge on any atom is -0.354 e. The van der Waals surface area contributed by atoms with Gasteiger partial charge in [-0.25, -0.2) is 0 Å². The lowest BCUT2D eigenvalue weighted by molar-refractivity contribution is -0.130. The minimum absolute atomic E-state index is 0.132. The van der Waals surface area contributed by atoms with Crippen molar-refractivity contribution in [3.63, 3.8) is 0 Å². The lowest BCUT2D eigenvalue weighted by Crippen LogP contribution is -2.50. The van der Waals surface area contributed by atoms with Gasteiger partial charge in [-0.15, -0.1) is 11.3 Å². The second kappa shape index (κ2) is 10.1. The molecular weight excluding hydrogens is 394 g/mol. The number of carbonyl (C=O) groups excluding carboxylic acids is 1. The van der Waals surface area contributed by atoms with Crippen LogP contribution >= 0.6 is 11.3 Å². The Morgan fingerprint density at radius 1 is 1.17 bits per heavy atom. The molecule has 1 amide bonds. The summed E-state index contributed by atoms with van der Waals surface area (Å²) in [6.07, 6.45) is 3.12. The summed E-state index contributed by atoms with van der Waals surface area (Å²) < 4.78 is 0. The number of thiophene rings is 1. The smallest absolute Gasteiger partial charge is 0.242 e. The van der Waals surface area contributed by atoms with Gasteiger partial charge in [0.15, 0.2) is 5.96 Å². The van der Waals surface area contributed by atoms with Gasteiger partial charge >= 0.3 is 0 Å². The zero-order valence-electron chi connectivity index (χ0n) is 17.6. The number of piperidine rings is 1. The maximum Gasteiger partial charge on any atom is 0.242 e. The molecule has 2 N–H and O–H groups in total. The van der Waals surface area contributed by atoms with Crippen molar-refractivity contribution in [2.45, 2.75) is 38.4 Å². The molecule has 2 aromatic rings. The molecule has 4 rings (SSSR count). The number of rotatable bonds is 5. The Labute approximate surface area is 183 Å². The van der Waals surface area contributed by atoms with E-state index in [1.807, 2.05) is 4.90 Å². The van der Waals surface area contributed by atoms with E-state index in [2.05, 4.69) is 62.3 Å². The Bertz CT molecular complexity index is 857. The van der Waals surface area contributed by atoms with Crippen LogP contribution in [0.3, 0.4) is 0 Å². The quantitative estimate of drug-likeness (QED) is 0.571. The highest BCUT2D eigenvalue weighted by atomic mass is 32.1. The second-order valence-corrected chi connectivity index (χ2v) is 9.04. The van der Waals surface area contributed by atoms with E-state index in [1.165, 1.54) is 16.0 Å². The van der Waals surface area contributed by atoms with E-state index in [0.29, 0.717) is 6.04 Å². The highest BCUT2D eigenvalue weighted by Crippen LogP contribution is 2.23. The average Bonchev–Trinajstić information content (AvgIpc) is 3.26. The molecule has 0 saturated carbocycles. The van der Waals surface area contributed by atoms with Crippen molar-refractivity contribution in [2.75, 3.05) is 33.2 Å². The van der Waals surface area contributed by atoms with Crippen LogP contribution in [0.15, 0.2) is 46.8 Å². The summed E-state index contributed by atoms with van der Waals surface area (Å²) in [5, 5.41) is 8.84. The summed E-state index contributed by atoms with van der Waals surface area (Å²) in [6, 6.07) is 13.2. The number of carbonyl (C=O) groups is 1. The van der Waals surface area contributed by atoms with Gasteiger partial charge in [-0.1, -0.05) is 30.3 Å². The highest BCUT2D eigenvalue weighted by Gasteiger charge is 2.23. The van der Waals surface area contributed by atoms with Crippen LogP contribution in [-0.2, 0) is 24.3 Å². The van der Waals surface area contributed by atoms with Crippen molar-refractivity contribution in [2.24, 2.45) is 4.99 Å². The highest BCUT2D eigenvalue weighted by molar-refractivity contribution is 7.10.